The zero-order valence-electron chi connectivity index (χ0n) is 12.3. The average Bonchev–Trinajstić information content (AvgIpc) is 2.67. The molecule has 1 N–H and O–H groups in total. The number of likely N-dealkylation sites (tertiary alicyclic amines) is 1. The lowest BCUT2D eigenvalue weighted by atomic mass is 10.2. The van der Waals surface area contributed by atoms with Crippen LogP contribution in [0.25, 0.3) is 0 Å². The smallest absolute Gasteiger partial charge is 0.129 e. The van der Waals surface area contributed by atoms with Gasteiger partial charge in [0.05, 0.1) is 0 Å². The highest BCUT2D eigenvalue weighted by Crippen LogP contribution is 2.10. The first-order chi connectivity index (χ1) is 9.28. The highest BCUT2D eigenvalue weighted by Gasteiger charge is 2.08. The summed E-state index contributed by atoms with van der Waals surface area (Å²) in [7, 11) is 0. The molecule has 1 fully saturated rings. The van der Waals surface area contributed by atoms with Crippen molar-refractivity contribution in [2.45, 2.75) is 46.0 Å². The topological polar surface area (TPSA) is 41.0 Å². The minimum Gasteiger partial charge on any atom is -0.369 e. The molecule has 4 heteroatoms. The number of aryl methyl sites for hydroxylation is 2. The summed E-state index contributed by atoms with van der Waals surface area (Å²) in [5.41, 5.74) is 1.12. The Hall–Kier alpha value is -1.16. The quantitative estimate of drug-likeness (QED) is 0.885. The van der Waals surface area contributed by atoms with E-state index in [1.54, 1.807) is 0 Å². The van der Waals surface area contributed by atoms with E-state index >= 15 is 0 Å². The molecule has 2 rings (SSSR count). The molecule has 0 bridgehead atoms. The minimum atomic E-state index is 0.858. The SMILES string of the molecule is CCc1cc(NCCN2CCCCCC2)nc(C)n1. The van der Waals surface area contributed by atoms with Gasteiger partial charge in [-0.1, -0.05) is 19.8 Å². The zero-order valence-corrected chi connectivity index (χ0v) is 12.3. The molecule has 4 nitrogen and oxygen atoms in total. The third kappa shape index (κ3) is 4.78. The molecule has 106 valence electrons. The van der Waals surface area contributed by atoms with Gasteiger partial charge in [0.25, 0.3) is 0 Å². The van der Waals surface area contributed by atoms with Crippen LogP contribution in [0.15, 0.2) is 6.07 Å². The Morgan fingerprint density at radius 1 is 1.16 bits per heavy atom. The highest BCUT2D eigenvalue weighted by molar-refractivity contribution is 5.35. The lowest BCUT2D eigenvalue weighted by Gasteiger charge is -2.20. The predicted octanol–water partition coefficient (Wildman–Crippen LogP) is 2.64. The molecule has 0 unspecified atom stereocenters. The van der Waals surface area contributed by atoms with Crippen LogP contribution >= 0.6 is 0 Å². The van der Waals surface area contributed by atoms with Gasteiger partial charge in [0.15, 0.2) is 0 Å². The van der Waals surface area contributed by atoms with E-state index in [1.807, 2.05) is 6.92 Å². The number of nitrogens with zero attached hydrogens (tertiary/aromatic N) is 3. The van der Waals surface area contributed by atoms with Crippen LogP contribution in [-0.4, -0.2) is 41.0 Å². The van der Waals surface area contributed by atoms with E-state index in [4.69, 9.17) is 0 Å². The van der Waals surface area contributed by atoms with Gasteiger partial charge >= 0.3 is 0 Å². The number of hydrogen-bond acceptors (Lipinski definition) is 4. The van der Waals surface area contributed by atoms with Crippen molar-refractivity contribution >= 4 is 5.82 Å². The normalized spacial score (nSPS) is 17.2. The van der Waals surface area contributed by atoms with Gasteiger partial charge in [-0.25, -0.2) is 9.97 Å². The minimum absolute atomic E-state index is 0.858. The molecule has 0 saturated carbocycles. The zero-order chi connectivity index (χ0) is 13.5. The summed E-state index contributed by atoms with van der Waals surface area (Å²) >= 11 is 0. The number of anilines is 1. The first kappa shape index (κ1) is 14.3. The van der Waals surface area contributed by atoms with E-state index < -0.39 is 0 Å². The van der Waals surface area contributed by atoms with Crippen LogP contribution in [0.5, 0.6) is 0 Å². The van der Waals surface area contributed by atoms with Crippen LogP contribution in [0.1, 0.15) is 44.1 Å². The highest BCUT2D eigenvalue weighted by atomic mass is 15.1. The van der Waals surface area contributed by atoms with Crippen LogP contribution in [0.3, 0.4) is 0 Å². The molecule has 1 saturated heterocycles. The van der Waals surface area contributed by atoms with E-state index in [2.05, 4.69) is 33.2 Å². The summed E-state index contributed by atoms with van der Waals surface area (Å²) in [6.07, 6.45) is 6.47. The van der Waals surface area contributed by atoms with Crippen LogP contribution in [0.2, 0.25) is 0 Å². The Labute approximate surface area is 116 Å². The molecule has 1 aromatic rings. The summed E-state index contributed by atoms with van der Waals surface area (Å²) in [5.74, 6) is 1.83. The third-order valence-corrected chi connectivity index (χ3v) is 3.69. The molecule has 0 aromatic carbocycles. The van der Waals surface area contributed by atoms with E-state index in [0.29, 0.717) is 0 Å². The molecule has 1 aliphatic rings. The van der Waals surface area contributed by atoms with Crippen LogP contribution in [-0.2, 0) is 6.42 Å². The lowest BCUT2D eigenvalue weighted by molar-refractivity contribution is 0.296. The Morgan fingerprint density at radius 2 is 1.89 bits per heavy atom. The van der Waals surface area contributed by atoms with Gasteiger partial charge in [0.2, 0.25) is 0 Å². The Morgan fingerprint density at radius 3 is 2.58 bits per heavy atom. The molecule has 1 aromatic heterocycles. The molecule has 0 amide bonds. The maximum atomic E-state index is 4.44. The average molecular weight is 262 g/mol. The first-order valence-electron chi connectivity index (χ1n) is 7.58. The fraction of sp³-hybridized carbons (Fsp3) is 0.733. The molecule has 19 heavy (non-hydrogen) atoms. The van der Waals surface area contributed by atoms with Gasteiger partial charge in [-0.3, -0.25) is 0 Å². The maximum Gasteiger partial charge on any atom is 0.129 e. The molecular weight excluding hydrogens is 236 g/mol. The van der Waals surface area contributed by atoms with Gasteiger partial charge < -0.3 is 10.2 Å². The first-order valence-corrected chi connectivity index (χ1v) is 7.58. The summed E-state index contributed by atoms with van der Waals surface area (Å²) in [5, 5.41) is 3.44. The molecule has 1 aliphatic heterocycles. The number of nitrogens with one attached hydrogen (secondary N) is 1. The van der Waals surface area contributed by atoms with Crippen molar-refractivity contribution in [1.82, 2.24) is 14.9 Å². The van der Waals surface area contributed by atoms with Crippen molar-refractivity contribution in [2.24, 2.45) is 0 Å². The molecule has 0 spiro atoms. The fourth-order valence-corrected chi connectivity index (χ4v) is 2.60. The molecule has 0 atom stereocenters. The van der Waals surface area contributed by atoms with Crippen molar-refractivity contribution in [3.8, 4) is 0 Å². The van der Waals surface area contributed by atoms with E-state index in [-0.39, 0.29) is 0 Å². The van der Waals surface area contributed by atoms with Gasteiger partial charge in [-0.2, -0.15) is 0 Å². The Kier molecular flexibility index (Phi) is 5.58. The molecular formula is C15H26N4. The van der Waals surface area contributed by atoms with Gasteiger partial charge in [-0.05, 0) is 39.3 Å². The van der Waals surface area contributed by atoms with Crippen LogP contribution in [0, 0.1) is 6.92 Å². The standard InChI is InChI=1S/C15H26N4/c1-3-14-12-15(18-13(2)17-14)16-8-11-19-9-6-4-5-7-10-19/h12H,3-11H2,1-2H3,(H,16,17,18). The second kappa shape index (κ2) is 7.43. The summed E-state index contributed by atoms with van der Waals surface area (Å²) < 4.78 is 0. The summed E-state index contributed by atoms with van der Waals surface area (Å²) in [4.78, 5) is 11.4. The summed E-state index contributed by atoms with van der Waals surface area (Å²) in [6, 6.07) is 2.06. The Bertz CT molecular complexity index is 384. The maximum absolute atomic E-state index is 4.44. The fourth-order valence-electron chi connectivity index (χ4n) is 2.60. The Balaban J connectivity index is 1.79. The van der Waals surface area contributed by atoms with Crippen LogP contribution < -0.4 is 5.32 Å². The summed E-state index contributed by atoms with van der Waals surface area (Å²) in [6.45, 7) is 8.68. The molecule has 0 radical (unpaired) electrons. The van der Waals surface area contributed by atoms with Gasteiger partial charge in [0.1, 0.15) is 11.6 Å². The lowest BCUT2D eigenvalue weighted by Crippen LogP contribution is -2.30. The molecule has 0 aliphatic carbocycles. The van der Waals surface area contributed by atoms with Crippen LogP contribution in [0.4, 0.5) is 5.82 Å². The van der Waals surface area contributed by atoms with Crippen molar-refractivity contribution in [1.29, 1.82) is 0 Å². The number of hydrogen-bond donors (Lipinski definition) is 1. The monoisotopic (exact) mass is 262 g/mol. The van der Waals surface area contributed by atoms with Crippen molar-refractivity contribution < 1.29 is 0 Å². The predicted molar refractivity (Wildman–Crippen MR) is 79.5 cm³/mol. The molecule has 2 heterocycles. The van der Waals surface area contributed by atoms with Crippen molar-refractivity contribution in [2.75, 3.05) is 31.5 Å². The van der Waals surface area contributed by atoms with Crippen molar-refractivity contribution in [3.63, 3.8) is 0 Å². The largest absolute Gasteiger partial charge is 0.369 e. The van der Waals surface area contributed by atoms with Gasteiger partial charge in [-0.15, -0.1) is 0 Å². The second-order valence-electron chi connectivity index (χ2n) is 5.33. The number of rotatable bonds is 5. The second-order valence-corrected chi connectivity index (χ2v) is 5.33. The number of aromatic nitrogens is 2. The van der Waals surface area contributed by atoms with Crippen molar-refractivity contribution in [3.05, 3.63) is 17.6 Å². The van der Waals surface area contributed by atoms with Gasteiger partial charge in [0, 0.05) is 24.8 Å². The van der Waals surface area contributed by atoms with E-state index in [0.717, 1.165) is 36.8 Å². The third-order valence-electron chi connectivity index (χ3n) is 3.69. The van der Waals surface area contributed by atoms with E-state index in [1.165, 1.54) is 38.8 Å². The van der Waals surface area contributed by atoms with E-state index in [9.17, 15) is 0 Å².